The van der Waals surface area contributed by atoms with Gasteiger partial charge in [-0.25, -0.2) is 0 Å². The first-order valence-electron chi connectivity index (χ1n) is 21.4. The van der Waals surface area contributed by atoms with Crippen molar-refractivity contribution in [3.05, 3.63) is 243 Å². The number of benzene rings is 10. The maximum absolute atomic E-state index is 2.44. The molecule has 0 unspecified atom stereocenters. The predicted molar refractivity (Wildman–Crippen MR) is 264 cm³/mol. The summed E-state index contributed by atoms with van der Waals surface area (Å²) >= 11 is 0. The molecule has 11 aromatic rings. The summed E-state index contributed by atoms with van der Waals surface area (Å²) in [5, 5.41) is 2.47. The van der Waals surface area contributed by atoms with Crippen LogP contribution in [0.5, 0.6) is 0 Å². The van der Waals surface area contributed by atoms with Crippen LogP contribution in [0.3, 0.4) is 0 Å². The van der Waals surface area contributed by atoms with Crippen LogP contribution < -0.4 is 0 Å². The molecule has 0 bridgehead atoms. The van der Waals surface area contributed by atoms with Crippen LogP contribution in [0.25, 0.3) is 111 Å². The second-order valence-corrected chi connectivity index (χ2v) is 16.2. The first-order valence-corrected chi connectivity index (χ1v) is 21.4. The van der Waals surface area contributed by atoms with Crippen molar-refractivity contribution in [1.29, 1.82) is 0 Å². The normalized spacial score (nSPS) is 11.3. The van der Waals surface area contributed by atoms with Gasteiger partial charge in [-0.15, -0.1) is 0 Å². The molecule has 0 aliphatic carbocycles. The molecule has 0 radical (unpaired) electrons. The van der Waals surface area contributed by atoms with Crippen molar-refractivity contribution in [3.8, 4) is 89.0 Å². The van der Waals surface area contributed by atoms with E-state index in [-0.39, 0.29) is 0 Å². The number of aryl methyl sites for hydroxylation is 1. The van der Waals surface area contributed by atoms with Crippen molar-refractivity contribution >= 4 is 21.8 Å². The van der Waals surface area contributed by atoms with Gasteiger partial charge >= 0.3 is 0 Å². The average molecular weight is 790 g/mol. The van der Waals surface area contributed by atoms with E-state index in [1.807, 2.05) is 0 Å². The molecule has 0 aliphatic heterocycles. The van der Waals surface area contributed by atoms with Gasteiger partial charge in [-0.1, -0.05) is 218 Å². The van der Waals surface area contributed by atoms with Crippen LogP contribution in [-0.2, 0) is 7.05 Å². The highest BCUT2D eigenvalue weighted by Gasteiger charge is 2.21. The third kappa shape index (κ3) is 6.90. The Bertz CT molecular complexity index is 3080. The molecule has 0 saturated heterocycles. The smallest absolute Gasteiger partial charge is 0.0568 e. The van der Waals surface area contributed by atoms with Gasteiger partial charge in [0.05, 0.1) is 11.0 Å². The highest BCUT2D eigenvalue weighted by molar-refractivity contribution is 6.18. The van der Waals surface area contributed by atoms with Gasteiger partial charge in [0, 0.05) is 28.9 Å². The lowest BCUT2D eigenvalue weighted by Gasteiger charge is -2.13. The van der Waals surface area contributed by atoms with Crippen LogP contribution >= 0.6 is 0 Å². The Balaban J connectivity index is 1.14. The zero-order chi connectivity index (χ0) is 41.4. The lowest BCUT2D eigenvalue weighted by atomic mass is 9.91. The Morgan fingerprint density at radius 2 is 0.419 bits per heavy atom. The van der Waals surface area contributed by atoms with E-state index in [0.717, 1.165) is 0 Å². The highest BCUT2D eigenvalue weighted by atomic mass is 14.9. The summed E-state index contributed by atoms with van der Waals surface area (Å²) in [6.45, 7) is 0. The molecule has 11 rings (SSSR count). The Morgan fingerprint density at radius 1 is 0.210 bits per heavy atom. The third-order valence-electron chi connectivity index (χ3n) is 12.4. The molecular formula is C61H43N. The Hall–Kier alpha value is -8.00. The quantitative estimate of drug-likeness (QED) is 0.144. The van der Waals surface area contributed by atoms with E-state index < -0.39 is 0 Å². The van der Waals surface area contributed by atoms with Crippen LogP contribution in [0.4, 0.5) is 0 Å². The minimum atomic E-state index is 1.19. The van der Waals surface area contributed by atoms with E-state index in [9.17, 15) is 0 Å². The summed E-state index contributed by atoms with van der Waals surface area (Å²) in [6, 6.07) is 88.5. The van der Waals surface area contributed by atoms with E-state index in [2.05, 4.69) is 254 Å². The number of rotatable bonds is 8. The van der Waals surface area contributed by atoms with Gasteiger partial charge in [0.2, 0.25) is 0 Å². The Morgan fingerprint density at radius 3 is 0.677 bits per heavy atom. The summed E-state index contributed by atoms with van der Waals surface area (Å²) in [5.41, 5.74) is 21.7. The minimum absolute atomic E-state index is 1.19. The number of aromatic nitrogens is 1. The van der Waals surface area contributed by atoms with Crippen molar-refractivity contribution in [1.82, 2.24) is 4.57 Å². The summed E-state index contributed by atoms with van der Waals surface area (Å²) in [5.74, 6) is 0. The average Bonchev–Trinajstić information content (AvgIpc) is 3.65. The van der Waals surface area contributed by atoms with Crippen molar-refractivity contribution in [2.45, 2.75) is 0 Å². The van der Waals surface area contributed by atoms with E-state index in [0.29, 0.717) is 0 Å². The largest absolute Gasteiger partial charge is 0.343 e. The third-order valence-corrected chi connectivity index (χ3v) is 12.4. The van der Waals surface area contributed by atoms with Gasteiger partial charge < -0.3 is 4.57 Å². The molecule has 0 atom stereocenters. The molecule has 0 N–H and O–H groups in total. The van der Waals surface area contributed by atoms with Crippen molar-refractivity contribution < 1.29 is 0 Å². The van der Waals surface area contributed by atoms with E-state index in [1.54, 1.807) is 0 Å². The number of nitrogens with zero attached hydrogens (tertiary/aromatic N) is 1. The first-order chi connectivity index (χ1) is 30.6. The van der Waals surface area contributed by atoms with Gasteiger partial charge in [0.15, 0.2) is 0 Å². The van der Waals surface area contributed by atoms with E-state index in [1.165, 1.54) is 111 Å². The molecule has 292 valence electrons. The SMILES string of the molecule is Cn1c2c(-c3ccc(-c4ccccc4)cc3)cc(-c3ccc(-c4ccccc4)cc3)cc2c2cc(-c3ccc(-c4ccccc4)cc3)cc(-c3ccc(-c4ccccc4)cc3)c21. The molecule has 10 aromatic carbocycles. The van der Waals surface area contributed by atoms with Gasteiger partial charge in [-0.2, -0.15) is 0 Å². The fourth-order valence-corrected chi connectivity index (χ4v) is 9.20. The molecule has 1 heteroatoms. The number of hydrogen-bond acceptors (Lipinski definition) is 0. The molecule has 1 nitrogen and oxygen atoms in total. The fourth-order valence-electron chi connectivity index (χ4n) is 9.20. The van der Waals surface area contributed by atoms with Crippen molar-refractivity contribution in [2.24, 2.45) is 7.05 Å². The molecular weight excluding hydrogens is 747 g/mol. The van der Waals surface area contributed by atoms with Crippen LogP contribution in [-0.4, -0.2) is 4.57 Å². The first kappa shape index (κ1) is 37.0. The maximum atomic E-state index is 2.44. The highest BCUT2D eigenvalue weighted by Crippen LogP contribution is 2.45. The zero-order valence-corrected chi connectivity index (χ0v) is 34.5. The van der Waals surface area contributed by atoms with Crippen molar-refractivity contribution in [3.63, 3.8) is 0 Å². The molecule has 0 amide bonds. The van der Waals surface area contributed by atoms with E-state index in [4.69, 9.17) is 0 Å². The molecule has 0 aliphatic rings. The van der Waals surface area contributed by atoms with Crippen molar-refractivity contribution in [2.75, 3.05) is 0 Å². The summed E-state index contributed by atoms with van der Waals surface area (Å²) in [4.78, 5) is 0. The molecule has 1 aromatic heterocycles. The molecule has 1 heterocycles. The summed E-state index contributed by atoms with van der Waals surface area (Å²) < 4.78 is 2.44. The summed E-state index contributed by atoms with van der Waals surface area (Å²) in [6.07, 6.45) is 0. The molecule has 0 spiro atoms. The molecule has 0 fully saturated rings. The van der Waals surface area contributed by atoms with Gasteiger partial charge in [0.25, 0.3) is 0 Å². The standard InChI is InChI=1S/C61H43N/c1-62-60-56(52-34-30-48(31-35-52)44-18-10-4-11-19-44)38-54(50-26-22-46(23-27-50)42-14-6-2-7-15-42)40-58(60)59-41-55(51-28-24-47(25-29-51)43-16-8-3-9-17-43)39-57(61(59)62)53-36-32-49(33-37-53)45-20-12-5-13-21-45/h2-41H,1H3. The van der Waals surface area contributed by atoms with Gasteiger partial charge in [-0.3, -0.25) is 0 Å². The fraction of sp³-hybridized carbons (Fsp3) is 0.0164. The van der Waals surface area contributed by atoms with Gasteiger partial charge in [0.1, 0.15) is 0 Å². The lowest BCUT2D eigenvalue weighted by Crippen LogP contribution is -1.94. The Labute approximate surface area is 363 Å². The molecule has 62 heavy (non-hydrogen) atoms. The summed E-state index contributed by atoms with van der Waals surface area (Å²) in [7, 11) is 2.25. The van der Waals surface area contributed by atoms with E-state index >= 15 is 0 Å². The van der Waals surface area contributed by atoms with Crippen LogP contribution in [0.2, 0.25) is 0 Å². The molecule has 0 saturated carbocycles. The zero-order valence-electron chi connectivity index (χ0n) is 34.5. The lowest BCUT2D eigenvalue weighted by molar-refractivity contribution is 1.02. The van der Waals surface area contributed by atoms with Gasteiger partial charge in [-0.05, 0) is 102 Å². The minimum Gasteiger partial charge on any atom is -0.343 e. The Kier molecular flexibility index (Phi) is 9.48. The second-order valence-electron chi connectivity index (χ2n) is 16.2. The van der Waals surface area contributed by atoms with Crippen LogP contribution in [0.1, 0.15) is 0 Å². The predicted octanol–water partition coefficient (Wildman–Crippen LogP) is 16.7. The van der Waals surface area contributed by atoms with Crippen LogP contribution in [0.15, 0.2) is 243 Å². The number of fused-ring (bicyclic) bond motifs is 3. The maximum Gasteiger partial charge on any atom is 0.0568 e. The number of hydrogen-bond donors (Lipinski definition) is 0. The monoisotopic (exact) mass is 789 g/mol. The van der Waals surface area contributed by atoms with Crippen LogP contribution in [0, 0.1) is 0 Å². The second kappa shape index (κ2) is 15.9. The topological polar surface area (TPSA) is 4.93 Å².